The van der Waals surface area contributed by atoms with Crippen LogP contribution < -0.4 is 9.80 Å². The third-order valence-corrected chi connectivity index (χ3v) is 7.44. The zero-order chi connectivity index (χ0) is 25.6. The normalized spacial score (nSPS) is 18.4. The molecule has 0 spiro atoms. The van der Waals surface area contributed by atoms with Gasteiger partial charge in [0.1, 0.15) is 16.7 Å². The van der Waals surface area contributed by atoms with Crippen LogP contribution in [0.25, 0.3) is 10.2 Å². The standard InChI is InChI=1S/C23H28F3N7O2S/c1-4-6-14-11-15-18(31-9-10-33-17(12-31)29-30-21(33)23(24,25)26)27-22(28-19(15)36-14)32-8-5-7-16(32)20(34)35-13(2)3/h11,13,16H,4-10,12H2,1-3H3/t16-/m0/s1. The first-order valence-electron chi connectivity index (χ1n) is 12.2. The van der Waals surface area contributed by atoms with Crippen LogP contribution in [0.3, 0.4) is 0 Å². The molecule has 0 aromatic carbocycles. The van der Waals surface area contributed by atoms with Crippen molar-refractivity contribution in [2.24, 2.45) is 0 Å². The Morgan fingerprint density at radius 1 is 1.22 bits per heavy atom. The Kier molecular flexibility index (Phi) is 6.52. The van der Waals surface area contributed by atoms with Gasteiger partial charge in [-0.1, -0.05) is 13.3 Å². The molecule has 3 aromatic heterocycles. The van der Waals surface area contributed by atoms with E-state index >= 15 is 0 Å². The molecule has 0 N–H and O–H groups in total. The van der Waals surface area contributed by atoms with Crippen molar-refractivity contribution < 1.29 is 22.7 Å². The zero-order valence-electron chi connectivity index (χ0n) is 20.4. The highest BCUT2D eigenvalue weighted by Gasteiger charge is 2.40. The van der Waals surface area contributed by atoms with Gasteiger partial charge in [0.25, 0.3) is 0 Å². The molecule has 0 bridgehead atoms. The molecule has 9 nitrogen and oxygen atoms in total. The first-order chi connectivity index (χ1) is 17.2. The Morgan fingerprint density at radius 3 is 2.75 bits per heavy atom. The fraction of sp³-hybridized carbons (Fsp3) is 0.609. The van der Waals surface area contributed by atoms with Gasteiger partial charge < -0.3 is 19.1 Å². The van der Waals surface area contributed by atoms with Gasteiger partial charge in [0.05, 0.1) is 18.0 Å². The lowest BCUT2D eigenvalue weighted by atomic mass is 10.2. The Morgan fingerprint density at radius 2 is 2.03 bits per heavy atom. The molecule has 0 unspecified atom stereocenters. The van der Waals surface area contributed by atoms with Gasteiger partial charge in [0, 0.05) is 24.5 Å². The van der Waals surface area contributed by atoms with E-state index in [2.05, 4.69) is 23.2 Å². The number of nitrogens with zero attached hydrogens (tertiary/aromatic N) is 7. The van der Waals surface area contributed by atoms with Gasteiger partial charge in [-0.2, -0.15) is 18.2 Å². The van der Waals surface area contributed by atoms with Crippen LogP contribution in [0, 0.1) is 0 Å². The number of anilines is 2. The predicted molar refractivity (Wildman–Crippen MR) is 129 cm³/mol. The maximum atomic E-state index is 13.3. The number of hydrogen-bond donors (Lipinski definition) is 0. The van der Waals surface area contributed by atoms with Gasteiger partial charge in [0.15, 0.2) is 5.82 Å². The van der Waals surface area contributed by atoms with Crippen molar-refractivity contribution in [3.63, 3.8) is 0 Å². The number of carbonyl (C=O) groups is 1. The van der Waals surface area contributed by atoms with Crippen LogP contribution in [0.1, 0.15) is 56.6 Å². The highest BCUT2D eigenvalue weighted by atomic mass is 32.1. The summed E-state index contributed by atoms with van der Waals surface area (Å²) in [5.74, 6) is 0.0461. The Bertz CT molecular complexity index is 1270. The van der Waals surface area contributed by atoms with E-state index in [1.165, 1.54) is 0 Å². The summed E-state index contributed by atoms with van der Waals surface area (Å²) in [6, 6.07) is 1.60. The average Bonchev–Trinajstić information content (AvgIpc) is 3.54. The van der Waals surface area contributed by atoms with E-state index < -0.39 is 18.0 Å². The second-order valence-electron chi connectivity index (χ2n) is 9.38. The number of aromatic nitrogens is 5. The molecule has 1 atom stereocenters. The smallest absolute Gasteiger partial charge is 0.451 e. The minimum absolute atomic E-state index is 0.0943. The number of fused-ring (bicyclic) bond motifs is 2. The number of carbonyl (C=O) groups excluding carboxylic acids is 1. The third-order valence-electron chi connectivity index (χ3n) is 6.35. The summed E-state index contributed by atoms with van der Waals surface area (Å²) in [6.07, 6.45) is -1.44. The lowest BCUT2D eigenvalue weighted by molar-refractivity contribution is -0.149. The summed E-state index contributed by atoms with van der Waals surface area (Å²) in [5, 5.41) is 8.07. The lowest BCUT2D eigenvalue weighted by Crippen LogP contribution is -2.40. The maximum Gasteiger partial charge on any atom is 0.451 e. The molecule has 13 heteroatoms. The molecule has 0 aliphatic carbocycles. The summed E-state index contributed by atoms with van der Waals surface area (Å²) in [5.41, 5.74) is 0. The number of hydrogen-bond acceptors (Lipinski definition) is 9. The lowest BCUT2D eigenvalue weighted by Gasteiger charge is -2.30. The third kappa shape index (κ3) is 4.60. The Hall–Kier alpha value is -2.96. The van der Waals surface area contributed by atoms with Crippen LogP contribution in [0.5, 0.6) is 0 Å². The van der Waals surface area contributed by atoms with Gasteiger partial charge in [-0.25, -0.2) is 9.78 Å². The van der Waals surface area contributed by atoms with Crippen molar-refractivity contribution in [3.05, 3.63) is 22.6 Å². The highest BCUT2D eigenvalue weighted by molar-refractivity contribution is 7.18. The van der Waals surface area contributed by atoms with Gasteiger partial charge in [0.2, 0.25) is 11.8 Å². The highest BCUT2D eigenvalue weighted by Crippen LogP contribution is 2.37. The van der Waals surface area contributed by atoms with Crippen LogP contribution in [0.2, 0.25) is 0 Å². The van der Waals surface area contributed by atoms with Crippen molar-refractivity contribution in [3.8, 4) is 0 Å². The molecule has 0 saturated carbocycles. The number of thiophene rings is 1. The van der Waals surface area contributed by atoms with Crippen LogP contribution in [-0.2, 0) is 35.2 Å². The number of rotatable bonds is 6. The van der Waals surface area contributed by atoms with Crippen molar-refractivity contribution >= 4 is 39.3 Å². The van der Waals surface area contributed by atoms with Gasteiger partial charge in [-0.15, -0.1) is 21.5 Å². The number of aryl methyl sites for hydroxylation is 1. The number of alkyl halides is 3. The number of ether oxygens (including phenoxy) is 1. The van der Waals surface area contributed by atoms with E-state index in [9.17, 15) is 18.0 Å². The molecule has 1 saturated heterocycles. The molecule has 36 heavy (non-hydrogen) atoms. The second-order valence-corrected chi connectivity index (χ2v) is 10.5. The van der Waals surface area contributed by atoms with E-state index in [4.69, 9.17) is 14.7 Å². The molecule has 2 aliphatic heterocycles. The van der Waals surface area contributed by atoms with E-state index in [1.54, 1.807) is 11.3 Å². The first-order valence-corrected chi connectivity index (χ1v) is 13.0. The summed E-state index contributed by atoms with van der Waals surface area (Å²) >= 11 is 1.58. The summed E-state index contributed by atoms with van der Waals surface area (Å²) in [4.78, 5) is 28.2. The minimum Gasteiger partial charge on any atom is -0.461 e. The van der Waals surface area contributed by atoms with Crippen molar-refractivity contribution in [1.29, 1.82) is 0 Å². The maximum absolute atomic E-state index is 13.3. The molecule has 1 fully saturated rings. The van der Waals surface area contributed by atoms with Crippen molar-refractivity contribution in [1.82, 2.24) is 24.7 Å². The summed E-state index contributed by atoms with van der Waals surface area (Å²) in [6.45, 7) is 6.92. The average molecular weight is 524 g/mol. The van der Waals surface area contributed by atoms with Crippen LogP contribution in [0.15, 0.2) is 6.07 Å². The van der Waals surface area contributed by atoms with Crippen molar-refractivity contribution in [2.45, 2.75) is 77.9 Å². The molecule has 3 aromatic rings. The second kappa shape index (κ2) is 9.49. The fourth-order valence-electron chi connectivity index (χ4n) is 4.79. The number of halogens is 3. The summed E-state index contributed by atoms with van der Waals surface area (Å²) in [7, 11) is 0. The van der Waals surface area contributed by atoms with Gasteiger partial charge in [-0.05, 0) is 39.2 Å². The molecule has 2 aliphatic rings. The van der Waals surface area contributed by atoms with Crippen LogP contribution >= 0.6 is 11.3 Å². The predicted octanol–water partition coefficient (Wildman–Crippen LogP) is 4.19. The van der Waals surface area contributed by atoms with Gasteiger partial charge in [-0.3, -0.25) is 0 Å². The zero-order valence-corrected chi connectivity index (χ0v) is 21.2. The Balaban J connectivity index is 1.53. The van der Waals surface area contributed by atoms with E-state index in [0.717, 1.165) is 38.9 Å². The quantitative estimate of drug-likeness (QED) is 0.445. The summed E-state index contributed by atoms with van der Waals surface area (Å²) < 4.78 is 46.6. The monoisotopic (exact) mass is 523 g/mol. The van der Waals surface area contributed by atoms with Crippen LogP contribution in [0.4, 0.5) is 24.9 Å². The number of esters is 1. The van der Waals surface area contributed by atoms with E-state index in [-0.39, 0.29) is 31.0 Å². The fourth-order valence-corrected chi connectivity index (χ4v) is 5.91. The van der Waals surface area contributed by atoms with E-state index in [0.29, 0.717) is 31.3 Å². The van der Waals surface area contributed by atoms with Gasteiger partial charge >= 0.3 is 12.1 Å². The van der Waals surface area contributed by atoms with Crippen molar-refractivity contribution in [2.75, 3.05) is 22.9 Å². The van der Waals surface area contributed by atoms with E-state index in [1.807, 2.05) is 23.6 Å². The minimum atomic E-state index is -4.56. The first kappa shape index (κ1) is 24.7. The SMILES string of the molecule is CCCc1cc2c(N3CCn4c(nnc4C(F)(F)F)C3)nc(N3CCC[C@H]3C(=O)OC(C)C)nc2s1. The molecule has 0 radical (unpaired) electrons. The van der Waals surface area contributed by atoms with Crippen LogP contribution in [-0.4, -0.2) is 55.9 Å². The molecular formula is C23H28F3N7O2S. The molecular weight excluding hydrogens is 495 g/mol. The molecule has 194 valence electrons. The topological polar surface area (TPSA) is 89.3 Å². The largest absolute Gasteiger partial charge is 0.461 e. The molecule has 5 rings (SSSR count). The molecule has 5 heterocycles. The Labute approximate surface area is 210 Å². The molecule has 0 amide bonds.